The Morgan fingerprint density at radius 1 is 1.04 bits per heavy atom. The van der Waals surface area contributed by atoms with E-state index in [0.29, 0.717) is 15.6 Å². The van der Waals surface area contributed by atoms with Gasteiger partial charge in [-0.2, -0.15) is 13.5 Å². The zero-order valence-electron chi connectivity index (χ0n) is 13.5. The minimum Gasteiger partial charge on any atom is -0.200 e. The molecule has 0 aliphatic rings. The van der Waals surface area contributed by atoms with Crippen molar-refractivity contribution in [2.45, 2.75) is 31.1 Å². The first-order chi connectivity index (χ1) is 11.1. The normalized spacial score (nSPS) is 12.5. The van der Waals surface area contributed by atoms with Crippen molar-refractivity contribution in [1.82, 2.24) is 4.83 Å². The van der Waals surface area contributed by atoms with Crippen LogP contribution in [0.15, 0.2) is 52.5 Å². The largest absolute Gasteiger partial charge is 0.276 e. The number of rotatable bonds is 4. The van der Waals surface area contributed by atoms with Gasteiger partial charge in [-0.1, -0.05) is 62.2 Å². The predicted octanol–water partition coefficient (Wildman–Crippen LogP) is 4.60. The second-order valence-electron chi connectivity index (χ2n) is 6.29. The zero-order chi connectivity index (χ0) is 18.0. The molecule has 0 aromatic heterocycles. The smallest absolute Gasteiger partial charge is 0.200 e. The van der Waals surface area contributed by atoms with Gasteiger partial charge in [0.1, 0.15) is 0 Å². The Labute approximate surface area is 152 Å². The Kier molecular flexibility index (Phi) is 5.58. The van der Waals surface area contributed by atoms with E-state index in [-0.39, 0.29) is 10.3 Å². The van der Waals surface area contributed by atoms with Crippen molar-refractivity contribution in [3.8, 4) is 0 Å². The second kappa shape index (κ2) is 7.13. The van der Waals surface area contributed by atoms with E-state index in [0.717, 1.165) is 5.56 Å². The average molecular weight is 385 g/mol. The Balaban J connectivity index is 2.15. The summed E-state index contributed by atoms with van der Waals surface area (Å²) in [5.41, 5.74) is 1.57. The highest BCUT2D eigenvalue weighted by molar-refractivity contribution is 7.89. The molecule has 0 heterocycles. The summed E-state index contributed by atoms with van der Waals surface area (Å²) in [6.07, 6.45) is 1.33. The van der Waals surface area contributed by atoms with Crippen molar-refractivity contribution >= 4 is 39.4 Å². The Bertz CT molecular complexity index is 855. The molecule has 0 unspecified atom stereocenters. The predicted molar refractivity (Wildman–Crippen MR) is 99.5 cm³/mol. The molecule has 0 bridgehead atoms. The number of hydrazone groups is 1. The Hall–Kier alpha value is -1.56. The van der Waals surface area contributed by atoms with Crippen LogP contribution in [0, 0.1) is 0 Å². The minimum absolute atomic E-state index is 0.0425. The SMILES string of the molecule is CC(C)(C)c1ccc(S(=O)(=O)N/N=C\c2ccc(Cl)cc2Cl)cc1. The highest BCUT2D eigenvalue weighted by Gasteiger charge is 2.17. The maximum Gasteiger partial charge on any atom is 0.276 e. The van der Waals surface area contributed by atoms with Crippen molar-refractivity contribution in [1.29, 1.82) is 0 Å². The van der Waals surface area contributed by atoms with Crippen molar-refractivity contribution in [3.63, 3.8) is 0 Å². The molecule has 0 fully saturated rings. The fourth-order valence-electron chi connectivity index (χ4n) is 1.96. The van der Waals surface area contributed by atoms with Crippen molar-refractivity contribution in [2.24, 2.45) is 5.10 Å². The minimum atomic E-state index is -3.73. The van der Waals surface area contributed by atoms with E-state index < -0.39 is 10.0 Å². The molecule has 128 valence electrons. The van der Waals surface area contributed by atoms with Gasteiger partial charge < -0.3 is 0 Å². The molecule has 0 aliphatic heterocycles. The third kappa shape index (κ3) is 4.72. The summed E-state index contributed by atoms with van der Waals surface area (Å²) in [6.45, 7) is 6.19. The maximum absolute atomic E-state index is 12.2. The van der Waals surface area contributed by atoms with Gasteiger partial charge in [0.25, 0.3) is 10.0 Å². The van der Waals surface area contributed by atoms with Gasteiger partial charge in [0.15, 0.2) is 0 Å². The number of hydrogen-bond donors (Lipinski definition) is 1. The quantitative estimate of drug-likeness (QED) is 0.618. The molecule has 0 saturated carbocycles. The van der Waals surface area contributed by atoms with Gasteiger partial charge in [-0.3, -0.25) is 0 Å². The first-order valence-electron chi connectivity index (χ1n) is 7.20. The summed E-state index contributed by atoms with van der Waals surface area (Å²) in [5, 5.41) is 4.65. The topological polar surface area (TPSA) is 58.5 Å². The molecule has 4 nitrogen and oxygen atoms in total. The van der Waals surface area contributed by atoms with Gasteiger partial charge in [-0.25, -0.2) is 4.83 Å². The highest BCUT2D eigenvalue weighted by atomic mass is 35.5. The van der Waals surface area contributed by atoms with E-state index in [1.165, 1.54) is 6.21 Å². The maximum atomic E-state index is 12.2. The molecule has 0 amide bonds. The van der Waals surface area contributed by atoms with E-state index in [9.17, 15) is 8.42 Å². The van der Waals surface area contributed by atoms with Gasteiger partial charge in [-0.05, 0) is 35.2 Å². The number of nitrogens with one attached hydrogen (secondary N) is 1. The van der Waals surface area contributed by atoms with Crippen LogP contribution in [0.5, 0.6) is 0 Å². The number of halogens is 2. The van der Waals surface area contributed by atoms with Crippen molar-refractivity contribution in [3.05, 3.63) is 63.6 Å². The Morgan fingerprint density at radius 3 is 2.21 bits per heavy atom. The first-order valence-corrected chi connectivity index (χ1v) is 9.44. The van der Waals surface area contributed by atoms with Crippen LogP contribution < -0.4 is 4.83 Å². The monoisotopic (exact) mass is 384 g/mol. The second-order valence-corrected chi connectivity index (χ2v) is 8.80. The molecule has 2 aromatic carbocycles. The van der Waals surface area contributed by atoms with Crippen LogP contribution in [0.3, 0.4) is 0 Å². The third-order valence-electron chi connectivity index (χ3n) is 3.37. The van der Waals surface area contributed by atoms with Crippen LogP contribution >= 0.6 is 23.2 Å². The van der Waals surface area contributed by atoms with Crippen LogP contribution in [0.25, 0.3) is 0 Å². The summed E-state index contributed by atoms with van der Waals surface area (Å²) < 4.78 is 24.5. The van der Waals surface area contributed by atoms with Gasteiger partial charge in [0.05, 0.1) is 16.1 Å². The van der Waals surface area contributed by atoms with E-state index >= 15 is 0 Å². The first kappa shape index (κ1) is 18.8. The zero-order valence-corrected chi connectivity index (χ0v) is 15.9. The molecule has 0 atom stereocenters. The van der Waals surface area contributed by atoms with Crippen molar-refractivity contribution in [2.75, 3.05) is 0 Å². The molecule has 0 saturated heterocycles. The fourth-order valence-corrected chi connectivity index (χ4v) is 3.21. The molecule has 7 heteroatoms. The van der Waals surface area contributed by atoms with Gasteiger partial charge in [0.2, 0.25) is 0 Å². The highest BCUT2D eigenvalue weighted by Crippen LogP contribution is 2.23. The van der Waals surface area contributed by atoms with E-state index in [4.69, 9.17) is 23.2 Å². The molecule has 0 radical (unpaired) electrons. The molecule has 1 N–H and O–H groups in total. The average Bonchev–Trinajstić information content (AvgIpc) is 2.49. The van der Waals surface area contributed by atoms with E-state index in [1.54, 1.807) is 42.5 Å². The lowest BCUT2D eigenvalue weighted by atomic mass is 9.87. The van der Waals surface area contributed by atoms with Crippen LogP contribution in [-0.4, -0.2) is 14.6 Å². The van der Waals surface area contributed by atoms with Crippen LogP contribution in [-0.2, 0) is 15.4 Å². The number of benzene rings is 2. The molecule has 2 aromatic rings. The van der Waals surface area contributed by atoms with Gasteiger partial charge in [-0.15, -0.1) is 0 Å². The molecular formula is C17H18Cl2N2O2S. The van der Waals surface area contributed by atoms with Gasteiger partial charge >= 0.3 is 0 Å². The number of sulfonamides is 1. The summed E-state index contributed by atoms with van der Waals surface area (Å²) in [6, 6.07) is 11.6. The molecule has 0 spiro atoms. The fraction of sp³-hybridized carbons (Fsp3) is 0.235. The van der Waals surface area contributed by atoms with Crippen LogP contribution in [0.4, 0.5) is 0 Å². The van der Waals surface area contributed by atoms with E-state index in [2.05, 4.69) is 30.7 Å². The summed E-state index contributed by atoms with van der Waals surface area (Å²) in [7, 11) is -3.73. The van der Waals surface area contributed by atoms with Crippen LogP contribution in [0.1, 0.15) is 31.9 Å². The van der Waals surface area contributed by atoms with E-state index in [1.807, 2.05) is 0 Å². The molecular weight excluding hydrogens is 367 g/mol. The third-order valence-corrected chi connectivity index (χ3v) is 5.17. The summed E-state index contributed by atoms with van der Waals surface area (Å²) in [5.74, 6) is 0. The summed E-state index contributed by atoms with van der Waals surface area (Å²) >= 11 is 11.8. The van der Waals surface area contributed by atoms with Crippen LogP contribution in [0.2, 0.25) is 10.0 Å². The molecule has 2 rings (SSSR count). The standard InChI is InChI=1S/C17H18Cl2N2O2S/c1-17(2,3)13-5-8-15(9-6-13)24(22,23)21-20-11-12-4-7-14(18)10-16(12)19/h4-11,21H,1-3H3/b20-11-. The lowest BCUT2D eigenvalue weighted by Gasteiger charge is -2.19. The lowest BCUT2D eigenvalue weighted by molar-refractivity contribution is 0.580. The summed E-state index contributed by atoms with van der Waals surface area (Å²) in [4.78, 5) is 2.32. The van der Waals surface area contributed by atoms with Gasteiger partial charge in [0, 0.05) is 10.6 Å². The lowest BCUT2D eigenvalue weighted by Crippen LogP contribution is -2.19. The number of hydrogen-bond acceptors (Lipinski definition) is 3. The molecule has 0 aliphatic carbocycles. The number of nitrogens with zero attached hydrogens (tertiary/aromatic N) is 1. The molecule has 24 heavy (non-hydrogen) atoms. The van der Waals surface area contributed by atoms with Crippen molar-refractivity contribution < 1.29 is 8.42 Å². The Morgan fingerprint density at radius 2 is 1.67 bits per heavy atom.